The predicted molar refractivity (Wildman–Crippen MR) is 60.3 cm³/mol. The number of hydrogen-bond donors (Lipinski definition) is 1. The monoisotopic (exact) mass is 208 g/mol. The third-order valence-electron chi connectivity index (χ3n) is 3.17. The molecular weight excluding hydrogens is 191 g/mol. The maximum atomic E-state index is 13.4. The Bertz CT molecular complexity index is 345. The summed E-state index contributed by atoms with van der Waals surface area (Å²) in [6, 6.07) is 5.18. The predicted octanol–water partition coefficient (Wildman–Crippen LogP) is 2.13. The van der Waals surface area contributed by atoms with Gasteiger partial charge in [0.2, 0.25) is 0 Å². The molecule has 3 heteroatoms. The normalized spacial score (nSPS) is 16.6. The van der Waals surface area contributed by atoms with Gasteiger partial charge in [0, 0.05) is 30.9 Å². The van der Waals surface area contributed by atoms with E-state index < -0.39 is 0 Å². The van der Waals surface area contributed by atoms with Crippen LogP contribution in [0.4, 0.5) is 10.1 Å². The maximum absolute atomic E-state index is 13.4. The molecule has 2 nitrogen and oxygen atoms in total. The Morgan fingerprint density at radius 3 is 2.80 bits per heavy atom. The molecule has 2 rings (SSSR count). The lowest BCUT2D eigenvalue weighted by Crippen LogP contribution is -2.47. The summed E-state index contributed by atoms with van der Waals surface area (Å²) in [5.74, 6) is 0.578. The third-order valence-corrected chi connectivity index (χ3v) is 3.17. The Morgan fingerprint density at radius 2 is 2.20 bits per heavy atom. The molecule has 2 N–H and O–H groups in total. The van der Waals surface area contributed by atoms with E-state index in [0.29, 0.717) is 5.56 Å². The van der Waals surface area contributed by atoms with Crippen molar-refractivity contribution in [2.24, 2.45) is 11.7 Å². The Labute approximate surface area is 89.9 Å². The molecule has 0 aliphatic carbocycles. The Kier molecular flexibility index (Phi) is 2.91. The van der Waals surface area contributed by atoms with Gasteiger partial charge >= 0.3 is 0 Å². The smallest absolute Gasteiger partial charge is 0.129 e. The van der Waals surface area contributed by atoms with Crippen molar-refractivity contribution >= 4 is 5.69 Å². The van der Waals surface area contributed by atoms with Gasteiger partial charge in [0.15, 0.2) is 0 Å². The van der Waals surface area contributed by atoms with Crippen molar-refractivity contribution in [2.45, 2.75) is 19.9 Å². The average Bonchev–Trinajstić information content (AvgIpc) is 2.16. The minimum atomic E-state index is -0.185. The van der Waals surface area contributed by atoms with E-state index in [4.69, 9.17) is 5.73 Å². The van der Waals surface area contributed by atoms with Crippen molar-refractivity contribution < 1.29 is 4.39 Å². The molecule has 1 aromatic rings. The maximum Gasteiger partial charge on any atom is 0.129 e. The fourth-order valence-corrected chi connectivity index (χ4v) is 2.07. The Hall–Kier alpha value is -1.09. The summed E-state index contributed by atoms with van der Waals surface area (Å²) >= 11 is 0. The van der Waals surface area contributed by atoms with Crippen LogP contribution in [0.1, 0.15) is 18.9 Å². The van der Waals surface area contributed by atoms with Crippen LogP contribution in [0.25, 0.3) is 0 Å². The Morgan fingerprint density at radius 1 is 1.47 bits per heavy atom. The second-order valence-corrected chi connectivity index (χ2v) is 4.12. The topological polar surface area (TPSA) is 29.3 Å². The summed E-state index contributed by atoms with van der Waals surface area (Å²) in [6.07, 6.45) is 1.20. The Balaban J connectivity index is 2.18. The highest BCUT2D eigenvalue weighted by atomic mass is 19.1. The van der Waals surface area contributed by atoms with E-state index in [0.717, 1.165) is 24.7 Å². The summed E-state index contributed by atoms with van der Waals surface area (Å²) < 4.78 is 13.4. The highest BCUT2D eigenvalue weighted by Crippen LogP contribution is 2.30. The molecule has 0 amide bonds. The van der Waals surface area contributed by atoms with E-state index in [2.05, 4.69) is 11.8 Å². The summed E-state index contributed by atoms with van der Waals surface area (Å²) in [5, 5.41) is 0. The first-order valence-corrected chi connectivity index (χ1v) is 5.48. The van der Waals surface area contributed by atoms with Gasteiger partial charge in [-0.05, 0) is 24.5 Å². The fourth-order valence-electron chi connectivity index (χ4n) is 2.07. The molecule has 1 aliphatic rings. The van der Waals surface area contributed by atoms with E-state index in [1.54, 1.807) is 6.07 Å². The zero-order valence-corrected chi connectivity index (χ0v) is 9.04. The van der Waals surface area contributed by atoms with Crippen molar-refractivity contribution in [1.29, 1.82) is 0 Å². The van der Waals surface area contributed by atoms with Gasteiger partial charge in [-0.15, -0.1) is 0 Å². The molecule has 1 aromatic carbocycles. The molecule has 0 atom stereocenters. The second kappa shape index (κ2) is 4.19. The average molecular weight is 208 g/mol. The largest absolute Gasteiger partial charge is 0.370 e. The van der Waals surface area contributed by atoms with Gasteiger partial charge in [0.1, 0.15) is 5.82 Å². The van der Waals surface area contributed by atoms with Gasteiger partial charge < -0.3 is 10.6 Å². The summed E-state index contributed by atoms with van der Waals surface area (Å²) in [4.78, 5) is 2.21. The second-order valence-electron chi connectivity index (χ2n) is 4.12. The number of nitrogens with zero attached hydrogens (tertiary/aromatic N) is 1. The van der Waals surface area contributed by atoms with Crippen molar-refractivity contribution in [3.05, 3.63) is 29.6 Å². The zero-order valence-electron chi connectivity index (χ0n) is 9.04. The van der Waals surface area contributed by atoms with Crippen molar-refractivity contribution in [2.75, 3.05) is 18.0 Å². The van der Waals surface area contributed by atoms with Gasteiger partial charge in [-0.1, -0.05) is 13.0 Å². The number of anilines is 1. The van der Waals surface area contributed by atoms with Gasteiger partial charge in [0.05, 0.1) is 0 Å². The van der Waals surface area contributed by atoms with Crippen molar-refractivity contribution in [3.63, 3.8) is 0 Å². The van der Waals surface area contributed by atoms with Crippen LogP contribution in [0.3, 0.4) is 0 Å². The number of hydrogen-bond acceptors (Lipinski definition) is 2. The molecule has 1 heterocycles. The molecule has 0 unspecified atom stereocenters. The summed E-state index contributed by atoms with van der Waals surface area (Å²) in [6.45, 7) is 4.53. The number of rotatable bonds is 3. The molecule has 82 valence electrons. The zero-order chi connectivity index (χ0) is 10.8. The highest BCUT2D eigenvalue weighted by Gasteiger charge is 2.27. The summed E-state index contributed by atoms with van der Waals surface area (Å²) in [5.41, 5.74) is 7.19. The molecule has 1 saturated heterocycles. The molecule has 0 bridgehead atoms. The molecule has 1 aliphatic heterocycles. The molecule has 0 saturated carbocycles. The van der Waals surface area contributed by atoms with Crippen LogP contribution >= 0.6 is 0 Å². The van der Waals surface area contributed by atoms with Crippen molar-refractivity contribution in [1.82, 2.24) is 0 Å². The van der Waals surface area contributed by atoms with Crippen LogP contribution < -0.4 is 10.6 Å². The standard InChI is InChI=1S/C12H17FN2/c1-2-9-7-15(8-9)12-5-3-4-11(13)10(12)6-14/h3-5,9H,2,6-8,14H2,1H3. The molecule has 0 radical (unpaired) electrons. The first kappa shape index (κ1) is 10.4. The van der Waals surface area contributed by atoms with Gasteiger partial charge in [-0.3, -0.25) is 0 Å². The number of halogens is 1. The van der Waals surface area contributed by atoms with Gasteiger partial charge in [-0.25, -0.2) is 4.39 Å². The van der Waals surface area contributed by atoms with E-state index >= 15 is 0 Å². The lowest BCUT2D eigenvalue weighted by atomic mass is 9.95. The summed E-state index contributed by atoms with van der Waals surface area (Å²) in [7, 11) is 0. The minimum absolute atomic E-state index is 0.185. The van der Waals surface area contributed by atoms with Crippen LogP contribution in [0.2, 0.25) is 0 Å². The van der Waals surface area contributed by atoms with Crippen molar-refractivity contribution in [3.8, 4) is 0 Å². The van der Waals surface area contributed by atoms with Crippen LogP contribution in [-0.4, -0.2) is 13.1 Å². The SMILES string of the molecule is CCC1CN(c2cccc(F)c2CN)C1. The fraction of sp³-hybridized carbons (Fsp3) is 0.500. The van der Waals surface area contributed by atoms with Crippen LogP contribution in [0, 0.1) is 11.7 Å². The van der Waals surface area contributed by atoms with Gasteiger partial charge in [-0.2, -0.15) is 0 Å². The molecule has 0 aromatic heterocycles. The quantitative estimate of drug-likeness (QED) is 0.824. The molecular formula is C12H17FN2. The number of nitrogens with two attached hydrogens (primary N) is 1. The van der Waals surface area contributed by atoms with Crippen LogP contribution in [0.15, 0.2) is 18.2 Å². The first-order valence-electron chi connectivity index (χ1n) is 5.48. The molecule has 1 fully saturated rings. The van der Waals surface area contributed by atoms with Crippen LogP contribution in [-0.2, 0) is 6.54 Å². The highest BCUT2D eigenvalue weighted by molar-refractivity contribution is 5.56. The van der Waals surface area contributed by atoms with E-state index in [-0.39, 0.29) is 12.4 Å². The first-order chi connectivity index (χ1) is 7.26. The number of benzene rings is 1. The molecule has 15 heavy (non-hydrogen) atoms. The lowest BCUT2D eigenvalue weighted by Gasteiger charge is -2.41. The minimum Gasteiger partial charge on any atom is -0.370 e. The third kappa shape index (κ3) is 1.84. The van der Waals surface area contributed by atoms with Gasteiger partial charge in [0.25, 0.3) is 0 Å². The van der Waals surface area contributed by atoms with E-state index in [1.807, 2.05) is 6.07 Å². The molecule has 0 spiro atoms. The van der Waals surface area contributed by atoms with Crippen LogP contribution in [0.5, 0.6) is 0 Å². The lowest BCUT2D eigenvalue weighted by molar-refractivity contribution is 0.397. The van der Waals surface area contributed by atoms with E-state index in [9.17, 15) is 4.39 Å². The van der Waals surface area contributed by atoms with E-state index in [1.165, 1.54) is 12.5 Å².